The summed E-state index contributed by atoms with van der Waals surface area (Å²) in [6.45, 7) is 5.49. The highest BCUT2D eigenvalue weighted by molar-refractivity contribution is 5.47. The summed E-state index contributed by atoms with van der Waals surface area (Å²) in [5, 5.41) is 3.67. The molecule has 0 aromatic heterocycles. The van der Waals surface area contributed by atoms with Crippen LogP contribution in [0.15, 0.2) is 12.1 Å². The van der Waals surface area contributed by atoms with Gasteiger partial charge in [-0.25, -0.2) is 0 Å². The lowest BCUT2D eigenvalue weighted by molar-refractivity contribution is 0.166. The molecular formula is C16H23NO. The van der Waals surface area contributed by atoms with Gasteiger partial charge in [0.05, 0.1) is 6.10 Å². The lowest BCUT2D eigenvalue weighted by Crippen LogP contribution is -2.32. The monoisotopic (exact) mass is 245 g/mol. The summed E-state index contributed by atoms with van der Waals surface area (Å²) in [6.07, 6.45) is 6.39. The number of aryl methyl sites for hydroxylation is 2. The smallest absolute Gasteiger partial charge is 0.124 e. The van der Waals surface area contributed by atoms with Crippen molar-refractivity contribution in [3.05, 3.63) is 28.8 Å². The molecule has 1 aromatic rings. The minimum absolute atomic E-state index is 0.325. The van der Waals surface area contributed by atoms with Gasteiger partial charge in [0.25, 0.3) is 0 Å². The molecule has 0 radical (unpaired) electrons. The van der Waals surface area contributed by atoms with E-state index in [0.29, 0.717) is 12.1 Å². The lowest BCUT2D eigenvalue weighted by Gasteiger charge is -2.32. The molecule has 0 spiro atoms. The van der Waals surface area contributed by atoms with E-state index in [1.807, 2.05) is 0 Å². The summed E-state index contributed by atoms with van der Waals surface area (Å²) in [5.41, 5.74) is 4.45. The molecule has 1 aromatic carbocycles. The van der Waals surface area contributed by atoms with Gasteiger partial charge in [-0.2, -0.15) is 0 Å². The molecule has 0 fully saturated rings. The largest absolute Gasteiger partial charge is 0.490 e. The Balaban J connectivity index is 1.93. The van der Waals surface area contributed by atoms with Crippen LogP contribution in [0, 0.1) is 0 Å². The Hall–Kier alpha value is -1.02. The van der Waals surface area contributed by atoms with Crippen LogP contribution in [-0.2, 0) is 12.8 Å². The van der Waals surface area contributed by atoms with Crippen LogP contribution in [0.2, 0.25) is 0 Å². The van der Waals surface area contributed by atoms with Crippen LogP contribution in [0.4, 0.5) is 0 Å². The number of rotatable bonds is 3. The van der Waals surface area contributed by atoms with E-state index in [1.54, 1.807) is 5.56 Å². The van der Waals surface area contributed by atoms with Crippen LogP contribution in [-0.4, -0.2) is 12.6 Å². The molecular weight excluding hydrogens is 222 g/mol. The molecule has 1 N–H and O–H groups in total. The summed E-state index contributed by atoms with van der Waals surface area (Å²) >= 11 is 0. The van der Waals surface area contributed by atoms with E-state index in [1.165, 1.54) is 36.8 Å². The van der Waals surface area contributed by atoms with Gasteiger partial charge in [-0.1, -0.05) is 13.0 Å². The number of benzene rings is 1. The maximum absolute atomic E-state index is 6.03. The summed E-state index contributed by atoms with van der Waals surface area (Å²) in [6, 6.07) is 5.18. The van der Waals surface area contributed by atoms with E-state index >= 15 is 0 Å². The molecule has 98 valence electrons. The predicted octanol–water partition coefficient (Wildman–Crippen LogP) is 3.39. The van der Waals surface area contributed by atoms with Crippen molar-refractivity contribution >= 4 is 0 Å². The summed E-state index contributed by atoms with van der Waals surface area (Å²) in [4.78, 5) is 0. The van der Waals surface area contributed by atoms with Crippen molar-refractivity contribution in [1.82, 2.24) is 5.32 Å². The Kier molecular flexibility index (Phi) is 3.29. The Bertz CT molecular complexity index is 441. The zero-order valence-electron chi connectivity index (χ0n) is 11.5. The Morgan fingerprint density at radius 3 is 2.83 bits per heavy atom. The number of ether oxygens (including phenoxy) is 1. The van der Waals surface area contributed by atoms with Crippen LogP contribution in [0.3, 0.4) is 0 Å². The van der Waals surface area contributed by atoms with E-state index in [9.17, 15) is 0 Å². The van der Waals surface area contributed by atoms with Crippen molar-refractivity contribution in [1.29, 1.82) is 0 Å². The van der Waals surface area contributed by atoms with E-state index in [2.05, 4.69) is 31.3 Å². The highest BCUT2D eigenvalue weighted by Crippen LogP contribution is 2.39. The zero-order chi connectivity index (χ0) is 12.5. The predicted molar refractivity (Wildman–Crippen MR) is 74.2 cm³/mol. The zero-order valence-corrected chi connectivity index (χ0v) is 11.5. The second-order valence-corrected chi connectivity index (χ2v) is 5.68. The topological polar surface area (TPSA) is 21.3 Å². The van der Waals surface area contributed by atoms with Gasteiger partial charge in [-0.3, -0.25) is 0 Å². The highest BCUT2D eigenvalue weighted by atomic mass is 16.5. The normalized spacial score (nSPS) is 25.4. The van der Waals surface area contributed by atoms with Gasteiger partial charge in [0.15, 0.2) is 0 Å². The Morgan fingerprint density at radius 1 is 1.28 bits per heavy atom. The quantitative estimate of drug-likeness (QED) is 0.881. The molecule has 3 rings (SSSR count). The second kappa shape index (κ2) is 4.93. The van der Waals surface area contributed by atoms with Gasteiger partial charge in [-0.15, -0.1) is 0 Å². The fourth-order valence-electron chi connectivity index (χ4n) is 3.23. The summed E-state index contributed by atoms with van der Waals surface area (Å²) in [5.74, 6) is 1.13. The Labute approximate surface area is 110 Å². The van der Waals surface area contributed by atoms with Gasteiger partial charge < -0.3 is 10.1 Å². The first-order valence-corrected chi connectivity index (χ1v) is 7.33. The highest BCUT2D eigenvalue weighted by Gasteiger charge is 2.27. The maximum atomic E-state index is 6.03. The van der Waals surface area contributed by atoms with Crippen LogP contribution >= 0.6 is 0 Å². The number of hydrogen-bond donors (Lipinski definition) is 1. The first-order chi connectivity index (χ1) is 8.78. The van der Waals surface area contributed by atoms with Gasteiger partial charge in [0.2, 0.25) is 0 Å². The van der Waals surface area contributed by atoms with Crippen molar-refractivity contribution in [2.45, 2.75) is 58.1 Å². The molecule has 0 amide bonds. The van der Waals surface area contributed by atoms with Crippen molar-refractivity contribution in [2.75, 3.05) is 6.54 Å². The third-order valence-electron chi connectivity index (χ3n) is 4.14. The third kappa shape index (κ3) is 2.14. The van der Waals surface area contributed by atoms with E-state index in [4.69, 9.17) is 4.74 Å². The van der Waals surface area contributed by atoms with E-state index in [-0.39, 0.29) is 0 Å². The first-order valence-electron chi connectivity index (χ1n) is 7.33. The van der Waals surface area contributed by atoms with Gasteiger partial charge in [-0.05, 0) is 56.3 Å². The number of fused-ring (bicyclic) bond motifs is 2. The molecule has 1 aliphatic carbocycles. The van der Waals surface area contributed by atoms with E-state index in [0.717, 1.165) is 18.7 Å². The fourth-order valence-corrected chi connectivity index (χ4v) is 3.23. The third-order valence-corrected chi connectivity index (χ3v) is 4.14. The average Bonchev–Trinajstić information content (AvgIpc) is 2.80. The molecule has 1 aliphatic heterocycles. The SMILES string of the molecule is CCCNC1CC(C)Oc2cc3c(cc21)CCC3. The minimum Gasteiger partial charge on any atom is -0.490 e. The minimum atomic E-state index is 0.325. The van der Waals surface area contributed by atoms with Crippen molar-refractivity contribution in [2.24, 2.45) is 0 Å². The summed E-state index contributed by atoms with van der Waals surface area (Å²) < 4.78 is 6.03. The molecule has 1 heterocycles. The molecule has 2 nitrogen and oxygen atoms in total. The molecule has 0 saturated heterocycles. The van der Waals surface area contributed by atoms with Crippen LogP contribution < -0.4 is 10.1 Å². The van der Waals surface area contributed by atoms with Gasteiger partial charge >= 0.3 is 0 Å². The van der Waals surface area contributed by atoms with Gasteiger partial charge in [0.1, 0.15) is 5.75 Å². The maximum Gasteiger partial charge on any atom is 0.124 e. The van der Waals surface area contributed by atoms with Crippen LogP contribution in [0.1, 0.15) is 55.8 Å². The van der Waals surface area contributed by atoms with Crippen LogP contribution in [0.5, 0.6) is 5.75 Å². The molecule has 0 saturated carbocycles. The number of nitrogens with one attached hydrogen (secondary N) is 1. The van der Waals surface area contributed by atoms with Crippen molar-refractivity contribution < 1.29 is 4.74 Å². The number of hydrogen-bond acceptors (Lipinski definition) is 2. The molecule has 0 bridgehead atoms. The molecule has 2 unspecified atom stereocenters. The standard InChI is InChI=1S/C16H23NO/c1-3-7-17-15-8-11(2)18-16-10-13-6-4-5-12(13)9-14(15)16/h9-11,15,17H,3-8H2,1-2H3. The molecule has 2 aliphatic rings. The Morgan fingerprint density at radius 2 is 2.06 bits per heavy atom. The molecule has 18 heavy (non-hydrogen) atoms. The fraction of sp³-hybridized carbons (Fsp3) is 0.625. The summed E-state index contributed by atoms with van der Waals surface area (Å²) in [7, 11) is 0. The average molecular weight is 245 g/mol. The van der Waals surface area contributed by atoms with Gasteiger partial charge in [0, 0.05) is 18.0 Å². The lowest BCUT2D eigenvalue weighted by atomic mass is 9.93. The molecule has 2 heteroatoms. The first kappa shape index (κ1) is 12.0. The van der Waals surface area contributed by atoms with Crippen molar-refractivity contribution in [3.8, 4) is 5.75 Å². The second-order valence-electron chi connectivity index (χ2n) is 5.68. The molecule has 2 atom stereocenters. The van der Waals surface area contributed by atoms with E-state index < -0.39 is 0 Å². The van der Waals surface area contributed by atoms with Crippen LogP contribution in [0.25, 0.3) is 0 Å². The van der Waals surface area contributed by atoms with Crippen molar-refractivity contribution in [3.63, 3.8) is 0 Å².